The van der Waals surface area contributed by atoms with Gasteiger partial charge in [-0.1, -0.05) is 64.6 Å². The van der Waals surface area contributed by atoms with Gasteiger partial charge >= 0.3 is 6.03 Å². The number of halogens is 1. The van der Waals surface area contributed by atoms with Gasteiger partial charge in [-0.15, -0.1) is 0 Å². The lowest BCUT2D eigenvalue weighted by molar-refractivity contribution is 0.232. The van der Waals surface area contributed by atoms with Gasteiger partial charge in [-0.3, -0.25) is 0 Å². The van der Waals surface area contributed by atoms with Crippen molar-refractivity contribution >= 4 is 27.7 Å². The molecule has 172 valence electrons. The second-order valence-corrected chi connectivity index (χ2v) is 10.2. The molecule has 1 saturated carbocycles. The molecule has 1 unspecified atom stereocenters. The molecular formula is C22H38ClN3O3S. The largest absolute Gasteiger partial charge is 0.338 e. The van der Waals surface area contributed by atoms with Crippen LogP contribution in [0.5, 0.6) is 0 Å². The molecule has 2 aliphatic rings. The maximum Gasteiger partial charge on any atom is 0.315 e. The van der Waals surface area contributed by atoms with Crippen LogP contribution in [-0.2, 0) is 10.0 Å². The molecule has 1 aromatic carbocycles. The van der Waals surface area contributed by atoms with E-state index >= 15 is 0 Å². The van der Waals surface area contributed by atoms with E-state index < -0.39 is 10.0 Å². The van der Waals surface area contributed by atoms with Crippen molar-refractivity contribution in [2.75, 3.05) is 19.6 Å². The number of carbonyl (C=O) groups excluding carboxylic acids is 1. The Balaban J connectivity index is 0.00000225. The zero-order chi connectivity index (χ0) is 20.0. The molecule has 2 fully saturated rings. The minimum absolute atomic E-state index is 0. The van der Waals surface area contributed by atoms with Gasteiger partial charge in [0.05, 0.1) is 4.90 Å². The van der Waals surface area contributed by atoms with Crippen molar-refractivity contribution in [1.82, 2.24) is 14.9 Å². The number of urea groups is 1. The smallest absolute Gasteiger partial charge is 0.315 e. The highest BCUT2D eigenvalue weighted by Crippen LogP contribution is 2.25. The molecule has 1 atom stereocenters. The Morgan fingerprint density at radius 1 is 1.07 bits per heavy atom. The first kappa shape index (κ1) is 26.7. The van der Waals surface area contributed by atoms with Crippen LogP contribution in [0.15, 0.2) is 29.2 Å². The molecule has 1 heterocycles. The summed E-state index contributed by atoms with van der Waals surface area (Å²) >= 11 is 5.93. The molecule has 2 amide bonds. The van der Waals surface area contributed by atoms with Gasteiger partial charge in [-0.2, -0.15) is 4.31 Å². The van der Waals surface area contributed by atoms with Crippen LogP contribution in [0.3, 0.4) is 0 Å². The predicted octanol–water partition coefficient (Wildman–Crippen LogP) is 5.03. The molecule has 0 radical (unpaired) electrons. The third-order valence-electron chi connectivity index (χ3n) is 5.67. The minimum Gasteiger partial charge on any atom is -0.338 e. The van der Waals surface area contributed by atoms with Gasteiger partial charge < -0.3 is 10.6 Å². The van der Waals surface area contributed by atoms with Crippen LogP contribution in [0.2, 0.25) is 5.02 Å². The standard InChI is InChI=1S/C20H30ClN3O3S.2CH4/c21-17-7-6-10-19(13-17)28(26,27)24-12-11-16(15-24)14-22-20(25)23-18-8-4-2-1-3-5-9-18;;/h6-7,10,13,16,18H,1-5,8-9,11-12,14-15H2,(H2,22,23,25);2*1H4. The Bertz CT molecular complexity index is 765. The maximum absolute atomic E-state index is 12.8. The number of nitrogens with zero attached hydrogens (tertiary/aromatic N) is 1. The van der Waals surface area contributed by atoms with Crippen molar-refractivity contribution in [1.29, 1.82) is 0 Å². The number of rotatable bonds is 5. The van der Waals surface area contributed by atoms with Crippen LogP contribution in [0, 0.1) is 5.92 Å². The van der Waals surface area contributed by atoms with E-state index in [9.17, 15) is 13.2 Å². The van der Waals surface area contributed by atoms with Crippen molar-refractivity contribution in [3.63, 3.8) is 0 Å². The van der Waals surface area contributed by atoms with Crippen LogP contribution in [0.1, 0.15) is 66.2 Å². The summed E-state index contributed by atoms with van der Waals surface area (Å²) in [6, 6.07) is 6.46. The van der Waals surface area contributed by atoms with Gasteiger partial charge in [0.2, 0.25) is 10.0 Å². The monoisotopic (exact) mass is 459 g/mol. The molecule has 8 heteroatoms. The average Bonchev–Trinajstić information content (AvgIpc) is 3.12. The first-order valence-electron chi connectivity index (χ1n) is 10.3. The number of carbonyl (C=O) groups is 1. The van der Waals surface area contributed by atoms with E-state index in [4.69, 9.17) is 11.6 Å². The van der Waals surface area contributed by atoms with Gasteiger partial charge in [0.15, 0.2) is 0 Å². The lowest BCUT2D eigenvalue weighted by Crippen LogP contribution is -2.44. The van der Waals surface area contributed by atoms with E-state index in [1.807, 2.05) is 0 Å². The van der Waals surface area contributed by atoms with Gasteiger partial charge in [-0.25, -0.2) is 13.2 Å². The highest BCUT2D eigenvalue weighted by atomic mass is 35.5. The molecule has 1 saturated heterocycles. The van der Waals surface area contributed by atoms with E-state index in [2.05, 4.69) is 10.6 Å². The van der Waals surface area contributed by atoms with Crippen molar-refractivity contribution in [3.05, 3.63) is 29.3 Å². The quantitative estimate of drug-likeness (QED) is 0.647. The van der Waals surface area contributed by atoms with Gasteiger partial charge in [0.1, 0.15) is 0 Å². The summed E-state index contributed by atoms with van der Waals surface area (Å²) in [6.45, 7) is 1.37. The molecule has 1 aromatic rings. The number of nitrogens with one attached hydrogen (secondary N) is 2. The van der Waals surface area contributed by atoms with Crippen LogP contribution >= 0.6 is 11.6 Å². The number of sulfonamides is 1. The summed E-state index contributed by atoms with van der Waals surface area (Å²) in [6.07, 6.45) is 8.97. The fraction of sp³-hybridized carbons (Fsp3) is 0.682. The SMILES string of the molecule is C.C.O=C(NCC1CCN(S(=O)(=O)c2cccc(Cl)c2)C1)NC1CCCCCCC1. The Morgan fingerprint density at radius 2 is 1.73 bits per heavy atom. The summed E-state index contributed by atoms with van der Waals surface area (Å²) in [7, 11) is -3.54. The van der Waals surface area contributed by atoms with E-state index in [0.717, 1.165) is 19.3 Å². The normalized spacial score (nSPS) is 20.9. The molecule has 3 rings (SSSR count). The molecule has 6 nitrogen and oxygen atoms in total. The molecule has 1 aliphatic carbocycles. The Labute approximate surface area is 187 Å². The van der Waals surface area contributed by atoms with Gasteiger partial charge in [0, 0.05) is 30.7 Å². The number of amides is 2. The van der Waals surface area contributed by atoms with Crippen molar-refractivity contribution in [3.8, 4) is 0 Å². The van der Waals surface area contributed by atoms with Crippen LogP contribution in [0.4, 0.5) is 4.79 Å². The summed E-state index contributed by atoms with van der Waals surface area (Å²) in [5.74, 6) is 0.122. The summed E-state index contributed by atoms with van der Waals surface area (Å²) in [5, 5.41) is 6.43. The van der Waals surface area contributed by atoms with Crippen molar-refractivity contribution in [2.24, 2.45) is 5.92 Å². The van der Waals surface area contributed by atoms with Crippen molar-refractivity contribution in [2.45, 2.75) is 77.2 Å². The molecule has 0 spiro atoms. The zero-order valence-electron chi connectivity index (χ0n) is 16.2. The number of benzene rings is 1. The van der Waals surface area contributed by atoms with E-state index in [-0.39, 0.29) is 37.7 Å². The molecule has 1 aliphatic heterocycles. The first-order valence-corrected chi connectivity index (χ1v) is 12.1. The molecule has 2 N–H and O–H groups in total. The third-order valence-corrected chi connectivity index (χ3v) is 7.77. The van der Waals surface area contributed by atoms with Crippen LogP contribution in [-0.4, -0.2) is 44.4 Å². The fourth-order valence-corrected chi connectivity index (χ4v) is 5.86. The predicted molar refractivity (Wildman–Crippen MR) is 124 cm³/mol. The van der Waals surface area contributed by atoms with Gasteiger partial charge in [-0.05, 0) is 43.4 Å². The lowest BCUT2D eigenvalue weighted by Gasteiger charge is -2.22. The highest BCUT2D eigenvalue weighted by molar-refractivity contribution is 7.89. The Hall–Kier alpha value is -1.31. The number of hydrogen-bond donors (Lipinski definition) is 2. The topological polar surface area (TPSA) is 78.5 Å². The second kappa shape index (κ2) is 12.5. The van der Waals surface area contributed by atoms with Crippen molar-refractivity contribution < 1.29 is 13.2 Å². The molecule has 0 bridgehead atoms. The summed E-state index contributed by atoms with van der Waals surface area (Å²) in [5.41, 5.74) is 0. The molecule has 30 heavy (non-hydrogen) atoms. The van der Waals surface area contributed by atoms with Crippen LogP contribution < -0.4 is 10.6 Å². The number of hydrogen-bond acceptors (Lipinski definition) is 3. The highest BCUT2D eigenvalue weighted by Gasteiger charge is 2.32. The lowest BCUT2D eigenvalue weighted by atomic mass is 9.97. The summed E-state index contributed by atoms with van der Waals surface area (Å²) in [4.78, 5) is 12.5. The Morgan fingerprint density at radius 3 is 2.40 bits per heavy atom. The minimum atomic E-state index is -3.54. The van der Waals surface area contributed by atoms with E-state index in [0.29, 0.717) is 24.7 Å². The maximum atomic E-state index is 12.8. The molecular weight excluding hydrogens is 422 g/mol. The summed E-state index contributed by atoms with van der Waals surface area (Å²) < 4.78 is 27.0. The first-order chi connectivity index (χ1) is 13.4. The van der Waals surface area contributed by atoms with Crippen LogP contribution in [0.25, 0.3) is 0 Å². The fourth-order valence-electron chi connectivity index (χ4n) is 4.03. The van der Waals surface area contributed by atoms with E-state index in [1.165, 1.54) is 42.5 Å². The van der Waals surface area contributed by atoms with Gasteiger partial charge in [0.25, 0.3) is 0 Å². The average molecular weight is 460 g/mol. The second-order valence-electron chi connectivity index (χ2n) is 7.87. The third kappa shape index (κ3) is 7.43. The molecule has 0 aromatic heterocycles. The zero-order valence-corrected chi connectivity index (χ0v) is 17.8. The van der Waals surface area contributed by atoms with E-state index in [1.54, 1.807) is 18.2 Å². The Kier molecular flexibility index (Phi) is 11.2.